The van der Waals surface area contributed by atoms with Gasteiger partial charge in [-0.2, -0.15) is 0 Å². The molecule has 0 saturated carbocycles. The average Bonchev–Trinajstić information content (AvgIpc) is 2.41. The van der Waals surface area contributed by atoms with Gasteiger partial charge in [-0.25, -0.2) is 4.98 Å². The molecule has 0 bridgehead atoms. The Labute approximate surface area is 115 Å². The molecule has 5 heteroatoms. The third kappa shape index (κ3) is 5.59. The molecule has 0 aliphatic rings. The lowest BCUT2D eigenvalue weighted by Gasteiger charge is -2.22. The minimum Gasteiger partial charge on any atom is -0.370 e. The van der Waals surface area contributed by atoms with Gasteiger partial charge in [0, 0.05) is 13.1 Å². The number of anilines is 2. The second-order valence-corrected chi connectivity index (χ2v) is 4.55. The smallest absolute Gasteiger partial charge is 0.236 e. The first-order chi connectivity index (χ1) is 9.17. The van der Waals surface area contributed by atoms with Crippen LogP contribution in [0.3, 0.4) is 0 Å². The first-order valence-corrected chi connectivity index (χ1v) is 6.91. The van der Waals surface area contributed by atoms with Crippen molar-refractivity contribution in [1.82, 2.24) is 4.98 Å². The minimum absolute atomic E-state index is 0.213. The molecule has 1 rings (SSSR count). The fourth-order valence-corrected chi connectivity index (χ4v) is 1.76. The van der Waals surface area contributed by atoms with Gasteiger partial charge >= 0.3 is 0 Å². The van der Waals surface area contributed by atoms with Gasteiger partial charge in [-0.1, -0.05) is 26.3 Å². The van der Waals surface area contributed by atoms with E-state index in [2.05, 4.69) is 24.1 Å². The zero-order valence-electron chi connectivity index (χ0n) is 11.9. The Kier molecular flexibility index (Phi) is 6.71. The Morgan fingerprint density at radius 3 is 2.79 bits per heavy atom. The molecule has 0 aromatic carbocycles. The summed E-state index contributed by atoms with van der Waals surface area (Å²) < 4.78 is 0. The van der Waals surface area contributed by atoms with Crippen LogP contribution in [0.2, 0.25) is 0 Å². The zero-order valence-corrected chi connectivity index (χ0v) is 11.9. The highest BCUT2D eigenvalue weighted by atomic mass is 16.1. The lowest BCUT2D eigenvalue weighted by molar-refractivity contribution is -0.116. The molecule has 19 heavy (non-hydrogen) atoms. The normalized spacial score (nSPS) is 10.2. The van der Waals surface area contributed by atoms with Crippen molar-refractivity contribution in [3.63, 3.8) is 0 Å². The lowest BCUT2D eigenvalue weighted by atomic mass is 10.3. The second kappa shape index (κ2) is 8.34. The Hall–Kier alpha value is -1.78. The van der Waals surface area contributed by atoms with Crippen molar-refractivity contribution < 1.29 is 4.79 Å². The molecule has 0 spiro atoms. The fourth-order valence-electron chi connectivity index (χ4n) is 1.76. The van der Waals surface area contributed by atoms with Crippen LogP contribution >= 0.6 is 0 Å². The van der Waals surface area contributed by atoms with Crippen molar-refractivity contribution in [2.24, 2.45) is 5.73 Å². The van der Waals surface area contributed by atoms with Gasteiger partial charge in [0.25, 0.3) is 0 Å². The van der Waals surface area contributed by atoms with Crippen LogP contribution in [0.15, 0.2) is 18.2 Å². The number of rotatable bonds is 9. The van der Waals surface area contributed by atoms with E-state index in [1.54, 1.807) is 0 Å². The van der Waals surface area contributed by atoms with E-state index in [0.717, 1.165) is 44.0 Å². The monoisotopic (exact) mass is 264 g/mol. The molecular weight excluding hydrogens is 240 g/mol. The highest BCUT2D eigenvalue weighted by molar-refractivity contribution is 5.79. The number of hydrogen-bond acceptors (Lipinski definition) is 4. The quantitative estimate of drug-likeness (QED) is 0.715. The summed E-state index contributed by atoms with van der Waals surface area (Å²) >= 11 is 0. The third-order valence-corrected chi connectivity index (χ3v) is 2.74. The standard InChI is InChI=1S/C14H24N4O/c1-3-5-10-18(11-12(15)19)14-8-6-7-13(17-14)16-9-4-2/h6-8H,3-5,9-11H2,1-2H3,(H2,15,19)(H,16,17). The molecule has 0 unspecified atom stereocenters. The second-order valence-electron chi connectivity index (χ2n) is 4.55. The summed E-state index contributed by atoms with van der Waals surface area (Å²) in [6.45, 7) is 6.13. The highest BCUT2D eigenvalue weighted by Crippen LogP contribution is 2.15. The van der Waals surface area contributed by atoms with E-state index in [4.69, 9.17) is 5.73 Å². The maximum atomic E-state index is 11.1. The zero-order chi connectivity index (χ0) is 14.1. The summed E-state index contributed by atoms with van der Waals surface area (Å²) in [4.78, 5) is 17.6. The molecule has 1 aromatic rings. The molecule has 1 heterocycles. The van der Waals surface area contributed by atoms with Gasteiger partial charge < -0.3 is 16.0 Å². The van der Waals surface area contributed by atoms with Crippen molar-refractivity contribution in [2.45, 2.75) is 33.1 Å². The molecule has 3 N–H and O–H groups in total. The number of nitrogens with two attached hydrogens (primary N) is 1. The van der Waals surface area contributed by atoms with Gasteiger partial charge in [0.2, 0.25) is 5.91 Å². The van der Waals surface area contributed by atoms with Gasteiger partial charge in [0.15, 0.2) is 0 Å². The average molecular weight is 264 g/mol. The number of aromatic nitrogens is 1. The van der Waals surface area contributed by atoms with Gasteiger partial charge in [-0.3, -0.25) is 4.79 Å². The van der Waals surface area contributed by atoms with Gasteiger partial charge in [-0.15, -0.1) is 0 Å². The van der Waals surface area contributed by atoms with E-state index < -0.39 is 0 Å². The molecule has 0 saturated heterocycles. The SMILES string of the molecule is CCCCN(CC(N)=O)c1cccc(NCCC)n1. The number of nitrogens with one attached hydrogen (secondary N) is 1. The van der Waals surface area contributed by atoms with E-state index in [1.807, 2.05) is 23.1 Å². The molecule has 1 aromatic heterocycles. The molecule has 0 fully saturated rings. The summed E-state index contributed by atoms with van der Waals surface area (Å²) in [5.41, 5.74) is 5.30. The van der Waals surface area contributed by atoms with Crippen LogP contribution in [-0.2, 0) is 4.79 Å². The fraction of sp³-hybridized carbons (Fsp3) is 0.571. The summed E-state index contributed by atoms with van der Waals surface area (Å²) in [6.07, 6.45) is 3.14. The number of nitrogens with zero attached hydrogens (tertiary/aromatic N) is 2. The van der Waals surface area contributed by atoms with Crippen LogP contribution < -0.4 is 16.0 Å². The Balaban J connectivity index is 2.78. The van der Waals surface area contributed by atoms with Crippen LogP contribution in [-0.4, -0.2) is 30.5 Å². The highest BCUT2D eigenvalue weighted by Gasteiger charge is 2.10. The molecule has 0 radical (unpaired) electrons. The van der Waals surface area contributed by atoms with E-state index in [9.17, 15) is 4.79 Å². The number of primary amides is 1. The molecule has 0 aliphatic carbocycles. The predicted molar refractivity (Wildman–Crippen MR) is 79.3 cm³/mol. The largest absolute Gasteiger partial charge is 0.370 e. The van der Waals surface area contributed by atoms with E-state index in [-0.39, 0.29) is 12.5 Å². The molecule has 0 atom stereocenters. The van der Waals surface area contributed by atoms with Crippen molar-refractivity contribution in [2.75, 3.05) is 29.9 Å². The van der Waals surface area contributed by atoms with Crippen LogP contribution in [0.5, 0.6) is 0 Å². The van der Waals surface area contributed by atoms with Crippen molar-refractivity contribution in [1.29, 1.82) is 0 Å². The maximum Gasteiger partial charge on any atom is 0.236 e. The molecule has 5 nitrogen and oxygen atoms in total. The predicted octanol–water partition coefficient (Wildman–Crippen LogP) is 2.00. The Bertz CT molecular complexity index is 395. The number of amides is 1. The number of hydrogen-bond donors (Lipinski definition) is 2. The third-order valence-electron chi connectivity index (χ3n) is 2.74. The number of carbonyl (C=O) groups is 1. The summed E-state index contributed by atoms with van der Waals surface area (Å²) in [5.74, 6) is 1.31. The topological polar surface area (TPSA) is 71.2 Å². The Morgan fingerprint density at radius 2 is 2.16 bits per heavy atom. The Morgan fingerprint density at radius 1 is 1.37 bits per heavy atom. The van der Waals surface area contributed by atoms with E-state index >= 15 is 0 Å². The first kappa shape index (κ1) is 15.3. The molecule has 1 amide bonds. The van der Waals surface area contributed by atoms with Gasteiger partial charge in [-0.05, 0) is 25.0 Å². The van der Waals surface area contributed by atoms with Crippen LogP contribution in [0, 0.1) is 0 Å². The number of pyridine rings is 1. The number of unbranched alkanes of at least 4 members (excludes halogenated alkanes) is 1. The van der Waals surface area contributed by atoms with Crippen molar-refractivity contribution in [3.8, 4) is 0 Å². The van der Waals surface area contributed by atoms with Gasteiger partial charge in [0.1, 0.15) is 11.6 Å². The van der Waals surface area contributed by atoms with E-state index in [0.29, 0.717) is 0 Å². The summed E-state index contributed by atoms with van der Waals surface area (Å²) in [5, 5.41) is 3.25. The summed E-state index contributed by atoms with van der Waals surface area (Å²) in [6, 6.07) is 5.79. The minimum atomic E-state index is -0.329. The molecular formula is C14H24N4O. The summed E-state index contributed by atoms with van der Waals surface area (Å²) in [7, 11) is 0. The molecule has 0 aliphatic heterocycles. The van der Waals surface area contributed by atoms with Gasteiger partial charge in [0.05, 0.1) is 6.54 Å². The number of carbonyl (C=O) groups excluding carboxylic acids is 1. The van der Waals surface area contributed by atoms with E-state index in [1.165, 1.54) is 0 Å². The van der Waals surface area contributed by atoms with Crippen LogP contribution in [0.1, 0.15) is 33.1 Å². The van der Waals surface area contributed by atoms with Crippen LogP contribution in [0.25, 0.3) is 0 Å². The first-order valence-electron chi connectivity index (χ1n) is 6.91. The molecule has 106 valence electrons. The lowest BCUT2D eigenvalue weighted by Crippen LogP contribution is -2.35. The van der Waals surface area contributed by atoms with Crippen molar-refractivity contribution in [3.05, 3.63) is 18.2 Å². The van der Waals surface area contributed by atoms with Crippen LogP contribution in [0.4, 0.5) is 11.6 Å². The van der Waals surface area contributed by atoms with Crippen molar-refractivity contribution >= 4 is 17.5 Å². The maximum absolute atomic E-state index is 11.1.